The van der Waals surface area contributed by atoms with Crippen molar-refractivity contribution in [3.63, 3.8) is 0 Å². The van der Waals surface area contributed by atoms with Crippen LogP contribution in [0.1, 0.15) is 12.5 Å². The van der Waals surface area contributed by atoms with Gasteiger partial charge in [-0.2, -0.15) is 0 Å². The number of aromatic hydroxyl groups is 1. The van der Waals surface area contributed by atoms with Crippen molar-refractivity contribution in [2.45, 2.75) is 19.4 Å². The van der Waals surface area contributed by atoms with Crippen molar-refractivity contribution in [3.8, 4) is 5.75 Å². The summed E-state index contributed by atoms with van der Waals surface area (Å²) in [6.45, 7) is 0.733. The molecule has 0 saturated carbocycles. The van der Waals surface area contributed by atoms with E-state index in [1.165, 1.54) is 12.1 Å². The zero-order valence-corrected chi connectivity index (χ0v) is 12.7. The molecule has 0 bridgehead atoms. The molecule has 1 rings (SSSR count). The number of carbonyl (C=O) groups is 3. The summed E-state index contributed by atoms with van der Waals surface area (Å²) in [6, 6.07) is 5.24. The van der Waals surface area contributed by atoms with Gasteiger partial charge < -0.3 is 25.0 Å². The van der Waals surface area contributed by atoms with Crippen LogP contribution in [0.4, 0.5) is 0 Å². The molecule has 1 unspecified atom stereocenters. The van der Waals surface area contributed by atoms with Gasteiger partial charge in [0.2, 0.25) is 5.91 Å². The Hall–Kier alpha value is -2.61. The van der Waals surface area contributed by atoms with E-state index in [1.807, 2.05) is 0 Å². The average molecular weight is 325 g/mol. The number of amides is 1. The highest BCUT2D eigenvalue weighted by Crippen LogP contribution is 2.12. The number of carbonyl (C=O) groups excluding carboxylic acids is 2. The van der Waals surface area contributed by atoms with E-state index < -0.39 is 37.1 Å². The zero-order chi connectivity index (χ0) is 17.2. The van der Waals surface area contributed by atoms with Crippen molar-refractivity contribution < 1.29 is 34.1 Å². The molecule has 0 fully saturated rings. The predicted octanol–water partition coefficient (Wildman–Crippen LogP) is 0.0838. The molecule has 1 aromatic rings. The minimum absolute atomic E-state index is 0.0903. The van der Waals surface area contributed by atoms with Gasteiger partial charge in [0.15, 0.2) is 0 Å². The van der Waals surface area contributed by atoms with Crippen molar-refractivity contribution >= 4 is 17.8 Å². The molecule has 0 saturated heterocycles. The van der Waals surface area contributed by atoms with Crippen molar-refractivity contribution in [2.75, 3.05) is 19.8 Å². The Bertz CT molecular complexity index is 541. The molecular weight excluding hydrogens is 306 g/mol. The summed E-state index contributed by atoms with van der Waals surface area (Å²) in [6.07, 6.45) is 0.170. The molecule has 8 nitrogen and oxygen atoms in total. The molecule has 8 heteroatoms. The second-order valence-electron chi connectivity index (χ2n) is 4.63. The van der Waals surface area contributed by atoms with Crippen LogP contribution >= 0.6 is 0 Å². The number of benzene rings is 1. The summed E-state index contributed by atoms with van der Waals surface area (Å²) in [4.78, 5) is 33.9. The molecule has 1 aromatic carbocycles. The minimum Gasteiger partial charge on any atom is -0.508 e. The molecule has 0 aromatic heterocycles. The molecule has 0 aliphatic carbocycles. The third kappa shape index (κ3) is 7.28. The van der Waals surface area contributed by atoms with Crippen molar-refractivity contribution in [2.24, 2.45) is 0 Å². The number of carboxylic acid groups (broad SMARTS) is 1. The van der Waals surface area contributed by atoms with Crippen LogP contribution in [0.2, 0.25) is 0 Å². The molecule has 0 heterocycles. The number of hydrogen-bond donors (Lipinski definition) is 3. The van der Waals surface area contributed by atoms with Gasteiger partial charge in [-0.3, -0.25) is 4.79 Å². The molecular formula is C15H19NO7. The Balaban J connectivity index is 2.64. The first-order valence-corrected chi connectivity index (χ1v) is 6.95. The molecule has 1 amide bonds. The van der Waals surface area contributed by atoms with Crippen LogP contribution in [0, 0.1) is 0 Å². The number of carboxylic acids is 1. The van der Waals surface area contributed by atoms with Crippen molar-refractivity contribution in [3.05, 3.63) is 29.8 Å². The lowest BCUT2D eigenvalue weighted by Gasteiger charge is -2.17. The summed E-state index contributed by atoms with van der Waals surface area (Å²) in [5.74, 6) is -2.33. The van der Waals surface area contributed by atoms with Gasteiger partial charge >= 0.3 is 11.9 Å². The van der Waals surface area contributed by atoms with Gasteiger partial charge in [-0.15, -0.1) is 0 Å². The maximum Gasteiger partial charge on any atom is 0.329 e. The highest BCUT2D eigenvalue weighted by molar-refractivity contribution is 5.85. The lowest BCUT2D eigenvalue weighted by Crippen LogP contribution is -2.45. The van der Waals surface area contributed by atoms with Crippen molar-refractivity contribution in [1.82, 2.24) is 5.32 Å². The van der Waals surface area contributed by atoms with Crippen LogP contribution in [0.25, 0.3) is 0 Å². The monoisotopic (exact) mass is 325 g/mol. The van der Waals surface area contributed by atoms with Gasteiger partial charge in [-0.25, -0.2) is 9.59 Å². The highest BCUT2D eigenvalue weighted by atomic mass is 16.5. The molecule has 1 atom stereocenters. The summed E-state index contributed by atoms with van der Waals surface area (Å²) < 4.78 is 9.57. The normalized spacial score (nSPS) is 11.5. The Morgan fingerprint density at radius 1 is 1.17 bits per heavy atom. The number of phenols is 1. The predicted molar refractivity (Wildman–Crippen MR) is 78.8 cm³/mol. The standard InChI is InChI=1S/C15H19NO7/c1-2-23-15(21)12(7-10-3-5-11(17)6-4-10)16-13(18)8-22-9-14(19)20/h3-6,12,17H,2,7-9H2,1H3,(H,16,18)(H,19,20). The van der Waals surface area contributed by atoms with Crippen LogP contribution < -0.4 is 5.32 Å². The zero-order valence-electron chi connectivity index (χ0n) is 12.7. The summed E-state index contributed by atoms with van der Waals surface area (Å²) in [5.41, 5.74) is 0.715. The van der Waals surface area contributed by atoms with E-state index in [-0.39, 0.29) is 18.8 Å². The fraction of sp³-hybridized carbons (Fsp3) is 0.400. The van der Waals surface area contributed by atoms with Crippen LogP contribution in [-0.4, -0.2) is 53.9 Å². The minimum atomic E-state index is -1.19. The Morgan fingerprint density at radius 3 is 2.39 bits per heavy atom. The molecule has 23 heavy (non-hydrogen) atoms. The van der Waals surface area contributed by atoms with Gasteiger partial charge in [0.05, 0.1) is 6.61 Å². The van der Waals surface area contributed by atoms with Crippen LogP contribution in [-0.2, 0) is 30.3 Å². The number of aliphatic carboxylic acids is 1. The average Bonchev–Trinajstić information content (AvgIpc) is 2.48. The second-order valence-corrected chi connectivity index (χ2v) is 4.63. The maximum atomic E-state index is 11.9. The van der Waals surface area contributed by atoms with Crippen molar-refractivity contribution in [1.29, 1.82) is 0 Å². The number of ether oxygens (including phenoxy) is 2. The molecule has 0 spiro atoms. The van der Waals surface area contributed by atoms with E-state index in [9.17, 15) is 19.5 Å². The van der Waals surface area contributed by atoms with Gasteiger partial charge in [0.1, 0.15) is 25.0 Å². The topological polar surface area (TPSA) is 122 Å². The SMILES string of the molecule is CCOC(=O)C(Cc1ccc(O)cc1)NC(=O)COCC(=O)O. The lowest BCUT2D eigenvalue weighted by atomic mass is 10.1. The van der Waals surface area contributed by atoms with E-state index in [2.05, 4.69) is 10.1 Å². The lowest BCUT2D eigenvalue weighted by molar-refractivity contribution is -0.149. The van der Waals surface area contributed by atoms with E-state index in [4.69, 9.17) is 9.84 Å². The summed E-state index contributed by atoms with van der Waals surface area (Å²) in [7, 11) is 0. The first-order chi connectivity index (χ1) is 10.9. The first-order valence-electron chi connectivity index (χ1n) is 6.95. The quantitative estimate of drug-likeness (QED) is 0.550. The second kappa shape index (κ2) is 9.42. The van der Waals surface area contributed by atoms with E-state index >= 15 is 0 Å². The van der Waals surface area contributed by atoms with Gasteiger partial charge in [0.25, 0.3) is 0 Å². The fourth-order valence-corrected chi connectivity index (χ4v) is 1.77. The first kappa shape index (κ1) is 18.4. The van der Waals surface area contributed by atoms with Gasteiger partial charge in [-0.05, 0) is 24.6 Å². The molecule has 0 aliphatic rings. The Morgan fingerprint density at radius 2 is 1.83 bits per heavy atom. The Labute approximate surface area is 133 Å². The van der Waals surface area contributed by atoms with Crippen LogP contribution in [0.5, 0.6) is 5.75 Å². The number of nitrogens with one attached hydrogen (secondary N) is 1. The van der Waals surface area contributed by atoms with Gasteiger partial charge in [0, 0.05) is 6.42 Å². The third-order valence-electron chi connectivity index (χ3n) is 2.74. The summed E-state index contributed by atoms with van der Waals surface area (Å²) in [5, 5.41) is 20.1. The Kier molecular flexibility index (Phi) is 7.55. The van der Waals surface area contributed by atoms with Crippen LogP contribution in [0.15, 0.2) is 24.3 Å². The number of rotatable bonds is 9. The number of hydrogen-bond acceptors (Lipinski definition) is 6. The molecule has 0 radical (unpaired) electrons. The van der Waals surface area contributed by atoms with E-state index in [0.29, 0.717) is 5.56 Å². The maximum absolute atomic E-state index is 11.9. The highest BCUT2D eigenvalue weighted by Gasteiger charge is 2.22. The molecule has 126 valence electrons. The number of esters is 1. The smallest absolute Gasteiger partial charge is 0.329 e. The molecule has 0 aliphatic heterocycles. The number of phenolic OH excluding ortho intramolecular Hbond substituents is 1. The third-order valence-corrected chi connectivity index (χ3v) is 2.74. The van der Waals surface area contributed by atoms with Crippen LogP contribution in [0.3, 0.4) is 0 Å². The van der Waals surface area contributed by atoms with Gasteiger partial charge in [-0.1, -0.05) is 12.1 Å². The molecule has 3 N–H and O–H groups in total. The van der Waals surface area contributed by atoms with E-state index in [1.54, 1.807) is 19.1 Å². The fourth-order valence-electron chi connectivity index (χ4n) is 1.77. The van der Waals surface area contributed by atoms with E-state index in [0.717, 1.165) is 0 Å². The summed E-state index contributed by atoms with van der Waals surface area (Å²) >= 11 is 0. The largest absolute Gasteiger partial charge is 0.508 e.